The first kappa shape index (κ1) is 29.6. The van der Waals surface area contributed by atoms with Crippen molar-refractivity contribution in [3.63, 3.8) is 0 Å². The predicted molar refractivity (Wildman–Crippen MR) is 156 cm³/mol. The number of fused-ring (bicyclic) bond motifs is 1. The number of amides is 3. The van der Waals surface area contributed by atoms with Crippen LogP contribution in [0.2, 0.25) is 0 Å². The lowest BCUT2D eigenvalue weighted by molar-refractivity contribution is -0.140. The number of hydrogen-bond donors (Lipinski definition) is 2. The highest BCUT2D eigenvalue weighted by Gasteiger charge is 2.42. The van der Waals surface area contributed by atoms with E-state index in [0.717, 1.165) is 31.2 Å². The van der Waals surface area contributed by atoms with Gasteiger partial charge < -0.3 is 25.2 Å². The molecule has 0 radical (unpaired) electrons. The van der Waals surface area contributed by atoms with Crippen molar-refractivity contribution in [1.29, 1.82) is 0 Å². The van der Waals surface area contributed by atoms with Gasteiger partial charge in [0.25, 0.3) is 0 Å². The van der Waals surface area contributed by atoms with Crippen molar-refractivity contribution in [2.75, 3.05) is 20.1 Å². The number of carbonyl (C=O) groups is 3. The van der Waals surface area contributed by atoms with E-state index in [-0.39, 0.29) is 36.6 Å². The van der Waals surface area contributed by atoms with E-state index in [9.17, 15) is 14.4 Å². The minimum absolute atomic E-state index is 0.0344. The molecule has 1 saturated heterocycles. The third kappa shape index (κ3) is 7.02. The molecular weight excluding hydrogens is 504 g/mol. The van der Waals surface area contributed by atoms with Crippen LogP contribution in [0.1, 0.15) is 57.2 Å². The Labute approximate surface area is 238 Å². The largest absolute Gasteiger partial charge is 0.445 e. The maximum atomic E-state index is 14.0. The van der Waals surface area contributed by atoms with E-state index in [1.807, 2.05) is 73.0 Å². The van der Waals surface area contributed by atoms with Gasteiger partial charge in [0.1, 0.15) is 12.6 Å². The monoisotopic (exact) mass is 548 g/mol. The van der Waals surface area contributed by atoms with Crippen molar-refractivity contribution in [3.05, 3.63) is 71.3 Å². The zero-order chi connectivity index (χ0) is 28.9. The number of likely N-dealkylation sites (N-methyl/N-ethyl adjacent to an activating group) is 1. The van der Waals surface area contributed by atoms with Crippen molar-refractivity contribution in [3.8, 4) is 0 Å². The highest BCUT2D eigenvalue weighted by molar-refractivity contribution is 5.90. The number of rotatable bonds is 9. The first-order valence-corrected chi connectivity index (χ1v) is 14.4. The van der Waals surface area contributed by atoms with E-state index in [1.165, 1.54) is 11.1 Å². The number of carbonyl (C=O) groups excluding carboxylic acids is 3. The number of nitrogens with one attached hydrogen (secondary N) is 2. The Bertz CT molecular complexity index is 1150. The molecule has 0 unspecified atom stereocenters. The van der Waals surface area contributed by atoms with Crippen LogP contribution in [0, 0.1) is 5.41 Å². The summed E-state index contributed by atoms with van der Waals surface area (Å²) in [4.78, 5) is 44.0. The highest BCUT2D eigenvalue weighted by Crippen LogP contribution is 2.30. The summed E-state index contributed by atoms with van der Waals surface area (Å²) >= 11 is 0. The van der Waals surface area contributed by atoms with Gasteiger partial charge in [-0.15, -0.1) is 0 Å². The minimum atomic E-state index is -0.675. The highest BCUT2D eigenvalue weighted by atomic mass is 16.6. The normalized spacial score (nSPS) is 18.6. The summed E-state index contributed by atoms with van der Waals surface area (Å²) in [7, 11) is 1.72. The number of likely N-dealkylation sites (tertiary alicyclic amines) is 1. The van der Waals surface area contributed by atoms with E-state index >= 15 is 0 Å². The van der Waals surface area contributed by atoms with Gasteiger partial charge in [0, 0.05) is 25.2 Å². The van der Waals surface area contributed by atoms with Crippen molar-refractivity contribution >= 4 is 17.9 Å². The van der Waals surface area contributed by atoms with Crippen LogP contribution in [-0.2, 0) is 33.8 Å². The number of nitrogens with zero attached hydrogens (tertiary/aromatic N) is 2. The Morgan fingerprint density at radius 2 is 1.65 bits per heavy atom. The summed E-state index contributed by atoms with van der Waals surface area (Å²) in [6, 6.07) is 16.7. The second-order valence-corrected chi connectivity index (χ2v) is 12.2. The Balaban J connectivity index is 1.52. The van der Waals surface area contributed by atoms with Gasteiger partial charge in [0.2, 0.25) is 11.8 Å². The summed E-state index contributed by atoms with van der Waals surface area (Å²) in [5.74, 6) is -0.305. The fraction of sp³-hybridized carbons (Fsp3) is 0.531. The van der Waals surface area contributed by atoms with E-state index in [4.69, 9.17) is 4.74 Å². The SMILES string of the molecule is CN[C@@H](C)C(=O)N[C@H](C(=O)N1CCC[C@H]1CN(C(=O)OCc1ccccc1)C1Cc2ccccc2C1)C(C)(C)C. The average molecular weight is 549 g/mol. The van der Waals surface area contributed by atoms with Crippen LogP contribution in [0.4, 0.5) is 4.79 Å². The zero-order valence-electron chi connectivity index (χ0n) is 24.5. The minimum Gasteiger partial charge on any atom is -0.445 e. The van der Waals surface area contributed by atoms with Gasteiger partial charge in [0.15, 0.2) is 0 Å². The van der Waals surface area contributed by atoms with E-state index in [0.29, 0.717) is 13.1 Å². The summed E-state index contributed by atoms with van der Waals surface area (Å²) in [5, 5.41) is 5.93. The molecule has 8 heteroatoms. The first-order valence-electron chi connectivity index (χ1n) is 14.4. The van der Waals surface area contributed by atoms with Gasteiger partial charge in [-0.2, -0.15) is 0 Å². The van der Waals surface area contributed by atoms with Crippen molar-refractivity contribution in [1.82, 2.24) is 20.4 Å². The third-order valence-electron chi connectivity index (χ3n) is 8.20. The quantitative estimate of drug-likeness (QED) is 0.496. The molecule has 8 nitrogen and oxygen atoms in total. The third-order valence-corrected chi connectivity index (χ3v) is 8.20. The summed E-state index contributed by atoms with van der Waals surface area (Å²) in [5.41, 5.74) is 2.96. The van der Waals surface area contributed by atoms with Crippen LogP contribution in [-0.4, -0.2) is 72.0 Å². The molecule has 4 rings (SSSR count). The molecule has 0 saturated carbocycles. The van der Waals surface area contributed by atoms with Gasteiger partial charge in [-0.25, -0.2) is 4.79 Å². The van der Waals surface area contributed by atoms with Crippen LogP contribution >= 0.6 is 0 Å². The molecule has 2 aliphatic rings. The molecule has 40 heavy (non-hydrogen) atoms. The van der Waals surface area contributed by atoms with Crippen LogP contribution in [0.15, 0.2) is 54.6 Å². The molecule has 1 fully saturated rings. The van der Waals surface area contributed by atoms with Crippen LogP contribution in [0.25, 0.3) is 0 Å². The van der Waals surface area contributed by atoms with Crippen LogP contribution in [0.5, 0.6) is 0 Å². The number of benzene rings is 2. The molecule has 1 heterocycles. The van der Waals surface area contributed by atoms with Crippen LogP contribution in [0.3, 0.4) is 0 Å². The lowest BCUT2D eigenvalue weighted by Crippen LogP contribution is -2.59. The standard InChI is InChI=1S/C32H44N4O4/c1-22(33-5)29(37)34-28(32(2,3)4)30(38)35-17-11-16-26(35)20-36(27-18-24-14-9-10-15-25(24)19-27)31(39)40-21-23-12-7-6-8-13-23/h6-10,12-15,22,26-28,33H,11,16-21H2,1-5H3,(H,34,37)/t22-,26-,28+/m0/s1. The van der Waals surface area contributed by atoms with E-state index in [1.54, 1.807) is 14.0 Å². The fourth-order valence-electron chi connectivity index (χ4n) is 5.69. The zero-order valence-corrected chi connectivity index (χ0v) is 24.5. The summed E-state index contributed by atoms with van der Waals surface area (Å²) in [6.07, 6.45) is 2.82. The predicted octanol–water partition coefficient (Wildman–Crippen LogP) is 3.92. The molecule has 216 valence electrons. The van der Waals surface area contributed by atoms with Gasteiger partial charge in [-0.3, -0.25) is 9.59 Å². The maximum Gasteiger partial charge on any atom is 0.410 e. The Hall–Kier alpha value is -3.39. The number of ether oxygens (including phenoxy) is 1. The summed E-state index contributed by atoms with van der Waals surface area (Å²) in [6.45, 7) is 8.87. The molecule has 0 aromatic heterocycles. The molecule has 0 spiro atoms. The molecule has 3 atom stereocenters. The lowest BCUT2D eigenvalue weighted by Gasteiger charge is -2.38. The molecule has 1 aliphatic carbocycles. The van der Waals surface area contributed by atoms with Crippen molar-refractivity contribution in [2.24, 2.45) is 5.41 Å². The van der Waals surface area contributed by atoms with Gasteiger partial charge in [0.05, 0.1) is 6.04 Å². The smallest absolute Gasteiger partial charge is 0.410 e. The maximum absolute atomic E-state index is 14.0. The topological polar surface area (TPSA) is 91.0 Å². The molecule has 1 aliphatic heterocycles. The van der Waals surface area contributed by atoms with E-state index in [2.05, 4.69) is 22.8 Å². The molecule has 3 amide bonds. The Kier molecular flexibility index (Phi) is 9.51. The summed E-state index contributed by atoms with van der Waals surface area (Å²) < 4.78 is 5.82. The fourth-order valence-corrected chi connectivity index (χ4v) is 5.69. The molecule has 2 aromatic carbocycles. The van der Waals surface area contributed by atoms with Gasteiger partial charge in [-0.05, 0) is 61.8 Å². The lowest BCUT2D eigenvalue weighted by atomic mass is 9.85. The molecular formula is C32H44N4O4. The second kappa shape index (κ2) is 12.9. The average Bonchev–Trinajstić information content (AvgIpc) is 3.59. The van der Waals surface area contributed by atoms with Crippen LogP contribution < -0.4 is 10.6 Å². The van der Waals surface area contributed by atoms with Crippen molar-refractivity contribution in [2.45, 2.75) is 84.2 Å². The van der Waals surface area contributed by atoms with E-state index < -0.39 is 17.5 Å². The molecule has 2 aromatic rings. The second-order valence-electron chi connectivity index (χ2n) is 12.2. The van der Waals surface area contributed by atoms with Gasteiger partial charge in [-0.1, -0.05) is 75.4 Å². The number of hydrogen-bond acceptors (Lipinski definition) is 5. The van der Waals surface area contributed by atoms with Crippen molar-refractivity contribution < 1.29 is 19.1 Å². The Morgan fingerprint density at radius 3 is 2.25 bits per heavy atom. The van der Waals surface area contributed by atoms with Gasteiger partial charge >= 0.3 is 6.09 Å². The molecule has 0 bridgehead atoms. The molecule has 2 N–H and O–H groups in total. The first-order chi connectivity index (χ1) is 19.1. The Morgan fingerprint density at radius 1 is 1.02 bits per heavy atom.